The van der Waals surface area contributed by atoms with E-state index in [0.717, 1.165) is 5.92 Å². The van der Waals surface area contributed by atoms with Crippen LogP contribution in [0.1, 0.15) is 120 Å². The second kappa shape index (κ2) is 14.4. The lowest BCUT2D eigenvalue weighted by Crippen LogP contribution is -2.11. The molecule has 3 heteroatoms. The summed E-state index contributed by atoms with van der Waals surface area (Å²) in [5.74, 6) is 0.812. The molecule has 33 heavy (non-hydrogen) atoms. The van der Waals surface area contributed by atoms with Crippen LogP contribution in [0, 0.1) is 12.8 Å². The topological polar surface area (TPSA) is 4.93 Å². The summed E-state index contributed by atoms with van der Waals surface area (Å²) in [7, 11) is 0. The van der Waals surface area contributed by atoms with Crippen molar-refractivity contribution in [1.29, 1.82) is 0 Å². The lowest BCUT2D eigenvalue weighted by molar-refractivity contribution is 0.364. The molecule has 0 atom stereocenters. The third-order valence-electron chi connectivity index (χ3n) is 7.06. The van der Waals surface area contributed by atoms with E-state index in [9.17, 15) is 0 Å². The number of aromatic nitrogens is 1. The van der Waals surface area contributed by atoms with E-state index in [4.69, 9.17) is 0 Å². The van der Waals surface area contributed by atoms with E-state index in [2.05, 4.69) is 56.5 Å². The van der Waals surface area contributed by atoms with Gasteiger partial charge in [0.1, 0.15) is 0 Å². The first kappa shape index (κ1) is 26.5. The van der Waals surface area contributed by atoms with Crippen molar-refractivity contribution in [2.45, 2.75) is 124 Å². The lowest BCUT2D eigenvalue weighted by Gasteiger charge is -2.19. The second-order valence-corrected chi connectivity index (χ2v) is 12.4. The number of aryl methyl sites for hydroxylation is 1. The average molecular weight is 486 g/mol. The van der Waals surface area contributed by atoms with Crippen molar-refractivity contribution in [2.24, 2.45) is 5.92 Å². The highest BCUT2D eigenvalue weighted by molar-refractivity contribution is 7.27. The van der Waals surface area contributed by atoms with Crippen molar-refractivity contribution in [3.63, 3.8) is 0 Å². The third kappa shape index (κ3) is 7.72. The number of fused-ring (bicyclic) bond motifs is 3. The number of hydrogen-bond donors (Lipinski definition) is 0. The third-order valence-corrected chi connectivity index (χ3v) is 9.35. The Kier molecular flexibility index (Phi) is 11.6. The van der Waals surface area contributed by atoms with Crippen LogP contribution < -0.4 is 0 Å². The van der Waals surface area contributed by atoms with Crippen LogP contribution in [-0.2, 0) is 6.54 Å². The fourth-order valence-corrected chi connectivity index (χ4v) is 7.51. The molecular weight excluding hydrogens is 438 g/mol. The highest BCUT2D eigenvalue weighted by Gasteiger charge is 2.19. The van der Waals surface area contributed by atoms with Gasteiger partial charge in [-0.15, -0.1) is 22.7 Å². The molecule has 0 aliphatic rings. The number of allylic oxidation sites excluding steroid dienone is 1. The van der Waals surface area contributed by atoms with Gasteiger partial charge in [-0.1, -0.05) is 97.0 Å². The predicted octanol–water partition coefficient (Wildman–Crippen LogP) is 11.4. The molecule has 3 heterocycles. The molecule has 0 amide bonds. The molecule has 3 aromatic rings. The average Bonchev–Trinajstić information content (AvgIpc) is 3.45. The summed E-state index contributed by atoms with van der Waals surface area (Å²) in [5.41, 5.74) is 2.96. The van der Waals surface area contributed by atoms with Crippen LogP contribution in [0.5, 0.6) is 0 Å². The van der Waals surface area contributed by atoms with Gasteiger partial charge in [0.15, 0.2) is 0 Å². The minimum atomic E-state index is 0.812. The number of rotatable bonds is 17. The van der Waals surface area contributed by atoms with Crippen molar-refractivity contribution in [2.75, 3.05) is 0 Å². The molecule has 0 saturated carbocycles. The summed E-state index contributed by atoms with van der Waals surface area (Å²) >= 11 is 3.96. The maximum absolute atomic E-state index is 2.69. The molecular formula is C30H47NS2. The Labute approximate surface area is 211 Å². The van der Waals surface area contributed by atoms with Crippen LogP contribution in [0.4, 0.5) is 0 Å². The first-order valence-corrected chi connectivity index (χ1v) is 15.5. The highest BCUT2D eigenvalue weighted by Crippen LogP contribution is 2.41. The van der Waals surface area contributed by atoms with Gasteiger partial charge < -0.3 is 4.57 Å². The van der Waals surface area contributed by atoms with Crippen LogP contribution in [0.2, 0.25) is 0 Å². The second-order valence-electron chi connectivity index (χ2n) is 10.0. The fourth-order valence-electron chi connectivity index (χ4n) is 5.21. The lowest BCUT2D eigenvalue weighted by atomic mass is 9.94. The molecule has 1 nitrogen and oxygen atoms in total. The van der Waals surface area contributed by atoms with Gasteiger partial charge in [-0.25, -0.2) is 0 Å². The summed E-state index contributed by atoms with van der Waals surface area (Å²) in [6, 6.07) is 4.88. The molecule has 0 N–H and O–H groups in total. The maximum atomic E-state index is 2.69. The number of unbranched alkanes of at least 4 members (excludes halogenated alkanes) is 10. The molecule has 0 aromatic carbocycles. The van der Waals surface area contributed by atoms with E-state index in [1.807, 2.05) is 22.7 Å². The van der Waals surface area contributed by atoms with Crippen molar-refractivity contribution in [1.82, 2.24) is 4.57 Å². The van der Waals surface area contributed by atoms with Gasteiger partial charge in [0.2, 0.25) is 0 Å². The number of thiophene rings is 2. The molecule has 184 valence electrons. The normalized spacial score (nSPS) is 12.4. The van der Waals surface area contributed by atoms with Crippen LogP contribution in [0.3, 0.4) is 0 Å². The largest absolute Gasteiger partial charge is 0.339 e. The molecule has 0 bridgehead atoms. The van der Waals surface area contributed by atoms with Crippen molar-refractivity contribution < 1.29 is 0 Å². The van der Waals surface area contributed by atoms with E-state index < -0.39 is 0 Å². The number of nitrogens with zero attached hydrogens (tertiary/aromatic N) is 1. The first-order chi connectivity index (χ1) is 16.2. The van der Waals surface area contributed by atoms with E-state index in [1.54, 1.807) is 0 Å². The van der Waals surface area contributed by atoms with Crippen molar-refractivity contribution in [3.8, 4) is 0 Å². The van der Waals surface area contributed by atoms with E-state index in [0.29, 0.717) is 0 Å². The van der Waals surface area contributed by atoms with Gasteiger partial charge in [0, 0.05) is 16.3 Å². The molecule has 0 aliphatic heterocycles. The zero-order valence-corrected chi connectivity index (χ0v) is 23.4. The van der Waals surface area contributed by atoms with Gasteiger partial charge in [-0.3, -0.25) is 0 Å². The predicted molar refractivity (Wildman–Crippen MR) is 154 cm³/mol. The molecule has 0 radical (unpaired) electrons. The van der Waals surface area contributed by atoms with Crippen LogP contribution >= 0.6 is 22.7 Å². The highest BCUT2D eigenvalue weighted by atomic mass is 32.1. The minimum absolute atomic E-state index is 0.812. The summed E-state index contributed by atoms with van der Waals surface area (Å²) in [5, 5.41) is 0. The van der Waals surface area contributed by atoms with Crippen molar-refractivity contribution in [3.05, 3.63) is 28.0 Å². The Bertz CT molecular complexity index is 955. The van der Waals surface area contributed by atoms with E-state index in [-0.39, 0.29) is 0 Å². The smallest absolute Gasteiger partial charge is 0.0707 e. The SMILES string of the molecule is CC=Cc1cc2c(s1)c1sc(C)cc1n2CC(CCCCCCCC)CCCCCCCC. The fraction of sp³-hybridized carbons (Fsp3) is 0.667. The van der Waals surface area contributed by atoms with Gasteiger partial charge in [-0.05, 0) is 50.8 Å². The summed E-state index contributed by atoms with van der Waals surface area (Å²) in [4.78, 5) is 2.84. The molecule has 3 rings (SSSR count). The summed E-state index contributed by atoms with van der Waals surface area (Å²) in [6.45, 7) is 10.2. The van der Waals surface area contributed by atoms with Gasteiger partial charge in [-0.2, -0.15) is 0 Å². The quantitative estimate of drug-likeness (QED) is 0.167. The zero-order chi connectivity index (χ0) is 23.5. The Morgan fingerprint density at radius 2 is 1.30 bits per heavy atom. The Hall–Kier alpha value is -1.06. The first-order valence-electron chi connectivity index (χ1n) is 13.8. The van der Waals surface area contributed by atoms with Gasteiger partial charge in [0.25, 0.3) is 0 Å². The molecule has 3 aromatic heterocycles. The summed E-state index contributed by atoms with van der Waals surface area (Å²) in [6.07, 6.45) is 24.1. The van der Waals surface area contributed by atoms with Gasteiger partial charge >= 0.3 is 0 Å². The van der Waals surface area contributed by atoms with Crippen molar-refractivity contribution >= 4 is 49.2 Å². The maximum Gasteiger partial charge on any atom is 0.0707 e. The summed E-state index contributed by atoms with van der Waals surface area (Å²) < 4.78 is 5.71. The molecule has 0 aliphatic carbocycles. The van der Waals surface area contributed by atoms with E-state index >= 15 is 0 Å². The van der Waals surface area contributed by atoms with Crippen LogP contribution in [0.15, 0.2) is 18.2 Å². The number of hydrogen-bond acceptors (Lipinski definition) is 2. The Balaban J connectivity index is 1.71. The molecule has 0 unspecified atom stereocenters. The van der Waals surface area contributed by atoms with Gasteiger partial charge in [0.05, 0.1) is 20.4 Å². The Morgan fingerprint density at radius 1 is 0.758 bits per heavy atom. The molecule has 0 fully saturated rings. The zero-order valence-electron chi connectivity index (χ0n) is 21.8. The van der Waals surface area contributed by atoms with Crippen LogP contribution in [0.25, 0.3) is 26.5 Å². The molecule has 0 spiro atoms. The molecule has 0 saturated heterocycles. The Morgan fingerprint density at radius 3 is 1.91 bits per heavy atom. The van der Waals surface area contributed by atoms with Crippen LogP contribution in [-0.4, -0.2) is 4.57 Å². The standard InChI is InChI=1S/C30H47NS2/c1-5-8-10-12-14-16-19-25(20-17-15-13-11-9-6-2)23-31-27-21-24(4)32-29(27)30-28(31)22-26(33-30)18-7-3/h7,18,21-22,25H,5-6,8-17,19-20,23H2,1-4H3. The minimum Gasteiger partial charge on any atom is -0.339 e. The van der Waals surface area contributed by atoms with E-state index in [1.165, 1.54) is 127 Å². The monoisotopic (exact) mass is 485 g/mol.